The summed E-state index contributed by atoms with van der Waals surface area (Å²) in [5, 5.41) is 14.2. The minimum atomic E-state index is 0.232. The molecular formula is C16H34BN3S. The second kappa shape index (κ2) is 9.57. The number of hydrogen-bond acceptors (Lipinski definition) is 4. The Kier molecular flexibility index (Phi) is 9.38. The van der Waals surface area contributed by atoms with Crippen LogP contribution in [0.2, 0.25) is 0 Å². The van der Waals surface area contributed by atoms with Crippen LogP contribution in [0.5, 0.6) is 0 Å². The molecule has 0 aromatic heterocycles. The molecule has 0 radical (unpaired) electrons. The third-order valence-electron chi connectivity index (χ3n) is 4.47. The van der Waals surface area contributed by atoms with Gasteiger partial charge in [0, 0.05) is 29.1 Å². The fourth-order valence-electron chi connectivity index (χ4n) is 1.53. The molecule has 122 valence electrons. The normalized spacial score (nSPS) is 14.9. The van der Waals surface area contributed by atoms with Crippen LogP contribution in [0.4, 0.5) is 0 Å². The molecule has 0 amide bonds. The Bertz CT molecular complexity index is 335. The minimum absolute atomic E-state index is 0.232. The van der Waals surface area contributed by atoms with E-state index in [1.54, 1.807) is 11.8 Å². The van der Waals surface area contributed by atoms with E-state index in [-0.39, 0.29) is 10.8 Å². The van der Waals surface area contributed by atoms with Gasteiger partial charge in [0.1, 0.15) is 0 Å². The summed E-state index contributed by atoms with van der Waals surface area (Å²) in [6.45, 7) is 14.7. The molecule has 0 aliphatic heterocycles. The molecule has 3 N–H and O–H groups in total. The maximum absolute atomic E-state index is 7.60. The summed E-state index contributed by atoms with van der Waals surface area (Å²) >= 11 is 1.77. The smallest absolute Gasteiger partial charge is 0.181 e. The molecule has 0 rings (SSSR count). The van der Waals surface area contributed by atoms with Crippen molar-refractivity contribution in [3.63, 3.8) is 0 Å². The molecule has 0 saturated carbocycles. The lowest BCUT2D eigenvalue weighted by atomic mass is 9.71. The number of allylic oxidation sites excluding steroid dienone is 1. The lowest BCUT2D eigenvalue weighted by Gasteiger charge is -2.38. The van der Waals surface area contributed by atoms with Gasteiger partial charge in [0.2, 0.25) is 0 Å². The third-order valence-corrected chi connectivity index (χ3v) is 5.90. The summed E-state index contributed by atoms with van der Waals surface area (Å²) in [5.41, 5.74) is 0.495. The fourth-order valence-corrected chi connectivity index (χ4v) is 2.72. The zero-order valence-corrected chi connectivity index (χ0v) is 15.8. The van der Waals surface area contributed by atoms with Crippen molar-refractivity contribution in [2.24, 2.45) is 10.8 Å². The molecule has 0 aromatic rings. The van der Waals surface area contributed by atoms with E-state index in [0.29, 0.717) is 6.04 Å². The zero-order valence-electron chi connectivity index (χ0n) is 15.0. The molecule has 1 unspecified atom stereocenters. The highest BCUT2D eigenvalue weighted by molar-refractivity contribution is 8.03. The van der Waals surface area contributed by atoms with Crippen molar-refractivity contribution in [3.8, 4) is 0 Å². The SMILES string of the molecule is BNCCC(CC)N/C=C(\C=N)SCC(C)(C)C(C)(C)C. The van der Waals surface area contributed by atoms with Crippen molar-refractivity contribution in [1.82, 2.24) is 10.5 Å². The van der Waals surface area contributed by atoms with Gasteiger partial charge in [0.25, 0.3) is 0 Å². The van der Waals surface area contributed by atoms with Crippen molar-refractivity contribution in [2.45, 2.75) is 60.4 Å². The molecule has 1 atom stereocenters. The van der Waals surface area contributed by atoms with E-state index in [2.05, 4.69) is 52.1 Å². The molecule has 5 heteroatoms. The average molecular weight is 311 g/mol. The van der Waals surface area contributed by atoms with Crippen molar-refractivity contribution < 1.29 is 0 Å². The predicted octanol–water partition coefficient (Wildman–Crippen LogP) is 3.18. The van der Waals surface area contributed by atoms with E-state index in [1.807, 2.05) is 14.2 Å². The van der Waals surface area contributed by atoms with E-state index in [4.69, 9.17) is 5.41 Å². The first-order valence-electron chi connectivity index (χ1n) is 7.92. The molecule has 0 spiro atoms. The van der Waals surface area contributed by atoms with Crippen LogP contribution in [0.3, 0.4) is 0 Å². The second-order valence-corrected chi connectivity index (χ2v) is 8.33. The van der Waals surface area contributed by atoms with Crippen LogP contribution in [0.1, 0.15) is 54.4 Å². The molecule has 3 nitrogen and oxygen atoms in total. The van der Waals surface area contributed by atoms with E-state index in [9.17, 15) is 0 Å². The van der Waals surface area contributed by atoms with E-state index < -0.39 is 0 Å². The van der Waals surface area contributed by atoms with Gasteiger partial charge in [-0.2, -0.15) is 0 Å². The third kappa shape index (κ3) is 7.96. The van der Waals surface area contributed by atoms with Gasteiger partial charge >= 0.3 is 0 Å². The first-order chi connectivity index (χ1) is 9.67. The fraction of sp³-hybridized carbons (Fsp3) is 0.812. The van der Waals surface area contributed by atoms with E-state index in [1.165, 1.54) is 6.21 Å². The molecule has 0 saturated heterocycles. The Balaban J connectivity index is 4.50. The Labute approximate surface area is 137 Å². The predicted molar refractivity (Wildman–Crippen MR) is 101 cm³/mol. The standard InChI is InChI=1S/C16H34BN3S/c1-7-13(8-9-20-17)19-11-14(10-18)21-12-16(5,6)15(2,3)4/h10-11,13,18-20H,7-9,12,17H2,1-6H3/b14-11+,18-10?. The van der Waals surface area contributed by atoms with Crippen LogP contribution in [-0.2, 0) is 0 Å². The van der Waals surface area contributed by atoms with Gasteiger partial charge in [0.15, 0.2) is 7.98 Å². The van der Waals surface area contributed by atoms with Crippen molar-refractivity contribution in [2.75, 3.05) is 12.3 Å². The van der Waals surface area contributed by atoms with Gasteiger partial charge in [0.05, 0.1) is 0 Å². The lowest BCUT2D eigenvalue weighted by Crippen LogP contribution is -2.32. The van der Waals surface area contributed by atoms with Crippen LogP contribution >= 0.6 is 11.8 Å². The van der Waals surface area contributed by atoms with Crippen LogP contribution in [-0.4, -0.2) is 32.5 Å². The maximum atomic E-state index is 7.60. The van der Waals surface area contributed by atoms with Crippen LogP contribution in [0.25, 0.3) is 0 Å². The van der Waals surface area contributed by atoms with Crippen LogP contribution < -0.4 is 10.5 Å². The summed E-state index contributed by atoms with van der Waals surface area (Å²) < 4.78 is 0. The Morgan fingerprint density at radius 3 is 2.33 bits per heavy atom. The molecule has 0 aromatic carbocycles. The molecular weight excluding hydrogens is 277 g/mol. The minimum Gasteiger partial charge on any atom is -0.387 e. The molecule has 0 fully saturated rings. The van der Waals surface area contributed by atoms with Gasteiger partial charge < -0.3 is 16.0 Å². The number of hydrogen-bond donors (Lipinski definition) is 3. The molecule has 21 heavy (non-hydrogen) atoms. The summed E-state index contributed by atoms with van der Waals surface area (Å²) in [6.07, 6.45) is 5.68. The largest absolute Gasteiger partial charge is 0.387 e. The van der Waals surface area contributed by atoms with Crippen molar-refractivity contribution in [1.29, 1.82) is 5.41 Å². The van der Waals surface area contributed by atoms with Crippen molar-refractivity contribution in [3.05, 3.63) is 11.1 Å². The topological polar surface area (TPSA) is 47.9 Å². The van der Waals surface area contributed by atoms with E-state index in [0.717, 1.165) is 30.0 Å². The van der Waals surface area contributed by atoms with Crippen molar-refractivity contribution >= 4 is 26.0 Å². The molecule has 0 bridgehead atoms. The van der Waals surface area contributed by atoms with Crippen LogP contribution in [0, 0.1) is 16.2 Å². The highest BCUT2D eigenvalue weighted by atomic mass is 32.2. The van der Waals surface area contributed by atoms with Gasteiger partial charge in [-0.15, -0.1) is 11.8 Å². The van der Waals surface area contributed by atoms with Gasteiger partial charge in [-0.1, -0.05) is 41.5 Å². The Hall–Kier alpha value is -0.415. The number of thioether (sulfide) groups is 1. The Morgan fingerprint density at radius 1 is 1.29 bits per heavy atom. The molecule has 0 aliphatic rings. The first-order valence-corrected chi connectivity index (χ1v) is 8.90. The second-order valence-electron chi connectivity index (χ2n) is 7.28. The quantitative estimate of drug-likeness (QED) is 0.429. The summed E-state index contributed by atoms with van der Waals surface area (Å²) in [4.78, 5) is 1.01. The first kappa shape index (κ1) is 20.6. The van der Waals surface area contributed by atoms with Gasteiger partial charge in [-0.25, -0.2) is 0 Å². The monoisotopic (exact) mass is 311 g/mol. The molecule has 0 heterocycles. The van der Waals surface area contributed by atoms with Gasteiger partial charge in [-0.3, -0.25) is 0 Å². The van der Waals surface area contributed by atoms with E-state index >= 15 is 0 Å². The summed E-state index contributed by atoms with van der Waals surface area (Å²) in [6, 6.07) is 0.476. The summed E-state index contributed by atoms with van der Waals surface area (Å²) in [7, 11) is 1.98. The van der Waals surface area contributed by atoms with Crippen LogP contribution in [0.15, 0.2) is 11.1 Å². The maximum Gasteiger partial charge on any atom is 0.181 e. The zero-order chi connectivity index (χ0) is 16.5. The average Bonchev–Trinajstić information content (AvgIpc) is 2.40. The van der Waals surface area contributed by atoms with Gasteiger partial charge in [-0.05, 0) is 30.2 Å². The summed E-state index contributed by atoms with van der Waals surface area (Å²) in [5.74, 6) is 1.02. The Morgan fingerprint density at radius 2 is 1.90 bits per heavy atom. The molecule has 0 aliphatic carbocycles. The lowest BCUT2D eigenvalue weighted by molar-refractivity contribution is 0.163. The number of nitrogens with one attached hydrogen (secondary N) is 3. The highest BCUT2D eigenvalue weighted by Crippen LogP contribution is 2.41. The number of rotatable bonds is 10. The highest BCUT2D eigenvalue weighted by Gasteiger charge is 2.32.